The van der Waals surface area contributed by atoms with E-state index in [2.05, 4.69) is 73.7 Å². The van der Waals surface area contributed by atoms with Crippen LogP contribution < -0.4 is 0 Å². The molecule has 0 spiro atoms. The molecule has 2 aromatic carbocycles. The summed E-state index contributed by atoms with van der Waals surface area (Å²) in [7, 11) is -3.13. The van der Waals surface area contributed by atoms with E-state index >= 15 is 0 Å². The summed E-state index contributed by atoms with van der Waals surface area (Å²) in [5.74, 6) is 0. The fourth-order valence-corrected chi connectivity index (χ4v) is 2.09. The monoisotopic (exact) mass is 318 g/mol. The number of allylic oxidation sites excluding steroid dienone is 1. The Balaban J connectivity index is 0.000000541. The second-order valence-corrected chi connectivity index (χ2v) is 5.34. The lowest BCUT2D eigenvalue weighted by molar-refractivity contribution is 0.405. The Morgan fingerprint density at radius 2 is 1.36 bits per heavy atom. The van der Waals surface area contributed by atoms with Gasteiger partial charge >= 0.3 is 8.25 Å². The zero-order valence-corrected chi connectivity index (χ0v) is 13.8. The van der Waals surface area contributed by atoms with Crippen molar-refractivity contribution in [3.8, 4) is 0 Å². The van der Waals surface area contributed by atoms with Crippen LogP contribution in [0.1, 0.15) is 37.3 Å². The Kier molecular flexibility index (Phi) is 9.17. The molecule has 0 aliphatic heterocycles. The lowest BCUT2D eigenvalue weighted by Crippen LogP contribution is -1.87. The number of benzene rings is 2. The summed E-state index contributed by atoms with van der Waals surface area (Å²) in [6.45, 7) is 2.23. The molecule has 0 radical (unpaired) electrons. The van der Waals surface area contributed by atoms with Crippen LogP contribution in [0.2, 0.25) is 0 Å². The highest BCUT2D eigenvalue weighted by atomic mass is 31.1. The SMILES string of the molecule is CCCCC=C(c1ccccc1)c1ccccc1.O=[PH](O)O. The van der Waals surface area contributed by atoms with Crippen molar-refractivity contribution in [1.29, 1.82) is 0 Å². The Labute approximate surface area is 132 Å². The highest BCUT2D eigenvalue weighted by Crippen LogP contribution is 2.24. The van der Waals surface area contributed by atoms with Crippen molar-refractivity contribution in [3.63, 3.8) is 0 Å². The topological polar surface area (TPSA) is 57.5 Å². The van der Waals surface area contributed by atoms with Gasteiger partial charge in [0.2, 0.25) is 0 Å². The van der Waals surface area contributed by atoms with Gasteiger partial charge in [-0.25, -0.2) is 0 Å². The molecule has 0 saturated heterocycles. The van der Waals surface area contributed by atoms with Gasteiger partial charge in [-0.1, -0.05) is 86.5 Å². The average molecular weight is 318 g/mol. The van der Waals surface area contributed by atoms with Crippen LogP contribution in [-0.2, 0) is 4.57 Å². The fourth-order valence-electron chi connectivity index (χ4n) is 2.09. The maximum atomic E-state index is 8.74. The molecule has 4 heteroatoms. The van der Waals surface area contributed by atoms with Crippen molar-refractivity contribution in [2.45, 2.75) is 26.2 Å². The molecular weight excluding hydrogens is 295 g/mol. The average Bonchev–Trinajstić information content (AvgIpc) is 2.53. The van der Waals surface area contributed by atoms with Crippen LogP contribution in [0.3, 0.4) is 0 Å². The highest BCUT2D eigenvalue weighted by molar-refractivity contribution is 7.30. The third-order valence-corrected chi connectivity index (χ3v) is 3.08. The molecule has 2 aromatic rings. The molecule has 0 bridgehead atoms. The predicted molar refractivity (Wildman–Crippen MR) is 92.9 cm³/mol. The first kappa shape index (κ1) is 18.4. The maximum absolute atomic E-state index is 8.74. The number of hydrogen-bond donors (Lipinski definition) is 2. The van der Waals surface area contributed by atoms with Crippen molar-refractivity contribution in [2.75, 3.05) is 0 Å². The van der Waals surface area contributed by atoms with Gasteiger partial charge in [0.1, 0.15) is 0 Å². The molecule has 0 fully saturated rings. The van der Waals surface area contributed by atoms with Gasteiger partial charge in [-0.15, -0.1) is 0 Å². The number of rotatable bonds is 5. The molecule has 0 aliphatic carbocycles. The van der Waals surface area contributed by atoms with E-state index < -0.39 is 8.25 Å². The Hall–Kier alpha value is -1.67. The molecule has 0 atom stereocenters. The predicted octanol–water partition coefficient (Wildman–Crippen LogP) is 4.67. The molecule has 118 valence electrons. The quantitative estimate of drug-likeness (QED) is 0.622. The molecule has 3 nitrogen and oxygen atoms in total. The molecule has 0 aliphatic rings. The molecule has 0 unspecified atom stereocenters. The number of unbranched alkanes of at least 4 members (excludes halogenated alkanes) is 2. The van der Waals surface area contributed by atoms with Crippen molar-refractivity contribution >= 4 is 13.8 Å². The first-order valence-corrected chi connectivity index (χ1v) is 8.68. The van der Waals surface area contributed by atoms with Crippen LogP contribution in [0.15, 0.2) is 66.7 Å². The van der Waals surface area contributed by atoms with Crippen LogP contribution in [0, 0.1) is 0 Å². The molecule has 0 amide bonds. The molecule has 0 saturated carbocycles. The summed E-state index contributed by atoms with van der Waals surface area (Å²) >= 11 is 0. The highest BCUT2D eigenvalue weighted by Gasteiger charge is 2.03. The summed E-state index contributed by atoms with van der Waals surface area (Å²) in [6.07, 6.45) is 6.01. The minimum Gasteiger partial charge on any atom is -0.326 e. The van der Waals surface area contributed by atoms with Crippen LogP contribution in [0.5, 0.6) is 0 Å². The molecule has 22 heavy (non-hydrogen) atoms. The summed E-state index contributed by atoms with van der Waals surface area (Å²) in [5.41, 5.74) is 3.96. The molecular formula is C18H23O3P. The summed E-state index contributed by atoms with van der Waals surface area (Å²) in [4.78, 5) is 14.3. The Bertz CT molecular complexity index is 534. The Morgan fingerprint density at radius 1 is 0.955 bits per heavy atom. The third-order valence-electron chi connectivity index (χ3n) is 3.08. The van der Waals surface area contributed by atoms with E-state index in [1.807, 2.05) is 0 Å². The van der Waals surface area contributed by atoms with Crippen LogP contribution in [0.4, 0.5) is 0 Å². The minimum absolute atomic E-state index is 1.15. The zero-order chi connectivity index (χ0) is 16.2. The van der Waals surface area contributed by atoms with Gasteiger partial charge in [0.15, 0.2) is 0 Å². The molecule has 0 heterocycles. The first-order chi connectivity index (χ1) is 10.6. The molecule has 2 N–H and O–H groups in total. The normalized spacial score (nSPS) is 9.82. The van der Waals surface area contributed by atoms with Crippen molar-refractivity contribution in [3.05, 3.63) is 77.9 Å². The van der Waals surface area contributed by atoms with Gasteiger partial charge < -0.3 is 9.79 Å². The second-order valence-electron chi connectivity index (χ2n) is 4.77. The largest absolute Gasteiger partial charge is 0.326 e. The van der Waals surface area contributed by atoms with E-state index in [1.54, 1.807) is 0 Å². The first-order valence-electron chi connectivity index (χ1n) is 7.38. The lowest BCUT2D eigenvalue weighted by atomic mass is 9.96. The standard InChI is InChI=1S/C18H20.H3O3P/c1-2-3-6-15-18(16-11-7-4-8-12-16)17-13-9-5-10-14-17;1-4(2)3/h4-5,7-15H,2-3,6H2,1H3;4H,(H2,1,2,3). The van der Waals surface area contributed by atoms with Gasteiger partial charge in [0.25, 0.3) is 0 Å². The van der Waals surface area contributed by atoms with Crippen molar-refractivity contribution in [1.82, 2.24) is 0 Å². The van der Waals surface area contributed by atoms with Gasteiger partial charge in [0.05, 0.1) is 0 Å². The van der Waals surface area contributed by atoms with Gasteiger partial charge in [0, 0.05) is 0 Å². The second kappa shape index (κ2) is 11.0. The van der Waals surface area contributed by atoms with Crippen LogP contribution in [0.25, 0.3) is 5.57 Å². The van der Waals surface area contributed by atoms with E-state index in [0.717, 1.165) is 6.42 Å². The van der Waals surface area contributed by atoms with Crippen molar-refractivity contribution < 1.29 is 14.4 Å². The minimum atomic E-state index is -3.13. The van der Waals surface area contributed by atoms with E-state index in [4.69, 9.17) is 14.4 Å². The van der Waals surface area contributed by atoms with Crippen LogP contribution >= 0.6 is 8.25 Å². The smallest absolute Gasteiger partial charge is 0.314 e. The van der Waals surface area contributed by atoms with Crippen molar-refractivity contribution in [2.24, 2.45) is 0 Å². The zero-order valence-electron chi connectivity index (χ0n) is 12.8. The fraction of sp³-hybridized carbons (Fsp3) is 0.222. The van der Waals surface area contributed by atoms with E-state index in [9.17, 15) is 0 Å². The third kappa shape index (κ3) is 7.37. The van der Waals surface area contributed by atoms with Gasteiger partial charge in [-0.05, 0) is 23.1 Å². The van der Waals surface area contributed by atoms with Crippen LogP contribution in [-0.4, -0.2) is 9.79 Å². The maximum Gasteiger partial charge on any atom is 0.314 e. The lowest BCUT2D eigenvalue weighted by Gasteiger charge is -2.08. The van der Waals surface area contributed by atoms with E-state index in [0.29, 0.717) is 0 Å². The molecule has 2 rings (SSSR count). The number of hydrogen-bond acceptors (Lipinski definition) is 1. The van der Waals surface area contributed by atoms with E-state index in [1.165, 1.54) is 29.5 Å². The summed E-state index contributed by atoms with van der Waals surface area (Å²) in [5, 5.41) is 0. The summed E-state index contributed by atoms with van der Waals surface area (Å²) in [6, 6.07) is 21.3. The van der Waals surface area contributed by atoms with Gasteiger partial charge in [-0.2, -0.15) is 0 Å². The summed E-state index contributed by atoms with van der Waals surface area (Å²) < 4.78 is 8.74. The molecule has 0 aromatic heterocycles. The Morgan fingerprint density at radius 3 is 1.73 bits per heavy atom. The van der Waals surface area contributed by atoms with E-state index in [-0.39, 0.29) is 0 Å². The van der Waals surface area contributed by atoms with Gasteiger partial charge in [-0.3, -0.25) is 4.57 Å².